The van der Waals surface area contributed by atoms with Gasteiger partial charge in [0, 0.05) is 23.4 Å². The van der Waals surface area contributed by atoms with Gasteiger partial charge in [-0.05, 0) is 38.0 Å². The summed E-state index contributed by atoms with van der Waals surface area (Å²) >= 11 is 4.48. The van der Waals surface area contributed by atoms with Crippen LogP contribution in [0.15, 0.2) is 38.6 Å². The number of carbonyl (C=O) groups is 1. The molecule has 0 atom stereocenters. The van der Waals surface area contributed by atoms with Gasteiger partial charge in [0.1, 0.15) is 0 Å². The third kappa shape index (κ3) is 5.03. The van der Waals surface area contributed by atoms with Crippen molar-refractivity contribution in [1.82, 2.24) is 20.2 Å². The van der Waals surface area contributed by atoms with Crippen LogP contribution in [0.4, 0.5) is 10.8 Å². The second-order valence-electron chi connectivity index (χ2n) is 6.98. The monoisotopic (exact) mass is 471 g/mol. The summed E-state index contributed by atoms with van der Waals surface area (Å²) in [6, 6.07) is 5.94. The Morgan fingerprint density at radius 3 is 2.65 bits per heavy atom. The number of amides is 1. The Morgan fingerprint density at radius 2 is 1.90 bits per heavy atom. The highest BCUT2D eigenvalue weighted by atomic mass is 32.2. The van der Waals surface area contributed by atoms with E-state index in [0.717, 1.165) is 33.2 Å². The van der Waals surface area contributed by atoms with Crippen molar-refractivity contribution in [2.75, 3.05) is 4.90 Å². The molecule has 0 radical (unpaired) electrons. The van der Waals surface area contributed by atoms with E-state index in [1.165, 1.54) is 23.1 Å². The second-order valence-corrected chi connectivity index (χ2v) is 9.81. The maximum Gasteiger partial charge on any atom is 0.276 e. The topological polar surface area (TPSA) is 85.0 Å². The van der Waals surface area contributed by atoms with Crippen LogP contribution in [-0.4, -0.2) is 26.1 Å². The van der Waals surface area contributed by atoms with E-state index in [0.29, 0.717) is 28.4 Å². The maximum absolute atomic E-state index is 12.4. The van der Waals surface area contributed by atoms with Crippen molar-refractivity contribution < 1.29 is 9.21 Å². The Labute approximate surface area is 192 Å². The number of benzene rings is 1. The van der Waals surface area contributed by atoms with Gasteiger partial charge >= 0.3 is 0 Å². The van der Waals surface area contributed by atoms with Crippen LogP contribution in [0, 0.1) is 20.8 Å². The van der Waals surface area contributed by atoms with Crippen LogP contribution in [0.3, 0.4) is 0 Å². The molecule has 0 unspecified atom stereocenters. The Kier molecular flexibility index (Phi) is 6.49. The Balaban J connectivity index is 1.44. The highest BCUT2D eigenvalue weighted by Crippen LogP contribution is 2.33. The lowest BCUT2D eigenvalue weighted by molar-refractivity contribution is -0.115. The Bertz CT molecular complexity index is 1210. The summed E-state index contributed by atoms with van der Waals surface area (Å²) < 4.78 is 5.73. The van der Waals surface area contributed by atoms with E-state index in [4.69, 9.17) is 4.42 Å². The molecule has 0 spiro atoms. The molecule has 1 aromatic carbocycles. The fourth-order valence-corrected chi connectivity index (χ4v) is 5.27. The average molecular weight is 472 g/mol. The lowest BCUT2D eigenvalue weighted by atomic mass is 10.1. The second kappa shape index (κ2) is 9.29. The molecule has 0 bridgehead atoms. The summed E-state index contributed by atoms with van der Waals surface area (Å²) in [5, 5.41) is 14.3. The van der Waals surface area contributed by atoms with Crippen molar-refractivity contribution in [3.8, 4) is 0 Å². The average Bonchev–Trinajstić information content (AvgIpc) is 3.46. The predicted molar refractivity (Wildman–Crippen MR) is 124 cm³/mol. The zero-order valence-corrected chi connectivity index (χ0v) is 20.0. The molecule has 3 aromatic heterocycles. The number of rotatable bonds is 7. The molecular formula is C21H21N5O2S3. The number of aromatic nitrogens is 4. The van der Waals surface area contributed by atoms with Crippen LogP contribution in [0.2, 0.25) is 0 Å². The predicted octanol–water partition coefficient (Wildman–Crippen LogP) is 5.48. The quantitative estimate of drug-likeness (QED) is 0.330. The van der Waals surface area contributed by atoms with Crippen LogP contribution >= 0.6 is 34.4 Å². The number of nitrogens with zero attached hydrogens (tertiary/aromatic N) is 5. The molecule has 0 saturated heterocycles. The maximum atomic E-state index is 12.4. The van der Waals surface area contributed by atoms with Gasteiger partial charge in [0.05, 0.1) is 28.5 Å². The first-order chi connectivity index (χ1) is 14.9. The fourth-order valence-electron chi connectivity index (χ4n) is 3.00. The Hall–Kier alpha value is -2.56. The standard InChI is InChI=1S/C21H21N5O2S3/c1-12-6-5-7-18(13(12)2)26(15(4)27)20-23-17(10-30-20)11-31-21-25-24-19(28-21)8-16-9-29-14(3)22-16/h5-7,9-10H,8,11H2,1-4H3. The summed E-state index contributed by atoms with van der Waals surface area (Å²) in [5.74, 6) is 1.05. The molecule has 4 rings (SSSR count). The lowest BCUT2D eigenvalue weighted by Crippen LogP contribution is -2.23. The SMILES string of the molecule is CC(=O)N(c1nc(CSc2nnc(Cc3csc(C)n3)o2)cs1)c1cccc(C)c1C. The fraction of sp³-hybridized carbons (Fsp3) is 0.286. The highest BCUT2D eigenvalue weighted by Gasteiger charge is 2.20. The molecule has 10 heteroatoms. The molecule has 7 nitrogen and oxygen atoms in total. The summed E-state index contributed by atoms with van der Waals surface area (Å²) in [7, 11) is 0. The van der Waals surface area contributed by atoms with Gasteiger partial charge < -0.3 is 4.42 Å². The molecule has 0 saturated carbocycles. The van der Waals surface area contributed by atoms with Crippen molar-refractivity contribution in [3.05, 3.63) is 62.4 Å². The number of hydrogen-bond donors (Lipinski definition) is 0. The summed E-state index contributed by atoms with van der Waals surface area (Å²) in [6.45, 7) is 7.58. The molecule has 1 amide bonds. The minimum Gasteiger partial charge on any atom is -0.416 e. The van der Waals surface area contributed by atoms with E-state index < -0.39 is 0 Å². The normalized spacial score (nSPS) is 11.1. The molecule has 31 heavy (non-hydrogen) atoms. The first kappa shape index (κ1) is 21.7. The van der Waals surface area contributed by atoms with Crippen molar-refractivity contribution in [2.24, 2.45) is 0 Å². The van der Waals surface area contributed by atoms with Crippen molar-refractivity contribution in [1.29, 1.82) is 0 Å². The molecule has 4 aromatic rings. The molecule has 0 fully saturated rings. The summed E-state index contributed by atoms with van der Waals surface area (Å²) in [4.78, 5) is 23.2. The first-order valence-corrected chi connectivity index (χ1v) is 12.3. The minimum atomic E-state index is -0.0685. The third-order valence-corrected chi connectivity index (χ3v) is 7.20. The van der Waals surface area contributed by atoms with Gasteiger partial charge in [-0.1, -0.05) is 23.9 Å². The molecule has 0 aliphatic rings. The number of thioether (sulfide) groups is 1. The molecule has 3 heterocycles. The van der Waals surface area contributed by atoms with Crippen molar-refractivity contribution in [2.45, 2.75) is 45.1 Å². The molecule has 0 aliphatic heterocycles. The zero-order valence-electron chi connectivity index (χ0n) is 17.6. The molecular weight excluding hydrogens is 450 g/mol. The smallest absolute Gasteiger partial charge is 0.276 e. The van der Waals surface area contributed by atoms with E-state index in [-0.39, 0.29) is 5.91 Å². The third-order valence-electron chi connectivity index (χ3n) is 4.65. The Morgan fingerprint density at radius 1 is 1.10 bits per heavy atom. The van der Waals surface area contributed by atoms with E-state index in [9.17, 15) is 4.79 Å². The van der Waals surface area contributed by atoms with Crippen LogP contribution in [0.1, 0.15) is 40.3 Å². The van der Waals surface area contributed by atoms with Gasteiger partial charge in [-0.15, -0.1) is 32.9 Å². The first-order valence-electron chi connectivity index (χ1n) is 9.58. The van der Waals surface area contributed by atoms with E-state index in [2.05, 4.69) is 20.2 Å². The van der Waals surface area contributed by atoms with E-state index in [1.807, 2.05) is 49.7 Å². The number of hydrogen-bond acceptors (Lipinski definition) is 9. The van der Waals surface area contributed by atoms with Crippen molar-refractivity contribution in [3.63, 3.8) is 0 Å². The number of aryl methyl sites for hydroxylation is 2. The number of carbonyl (C=O) groups excluding carboxylic acids is 1. The largest absolute Gasteiger partial charge is 0.416 e. The van der Waals surface area contributed by atoms with Crippen LogP contribution < -0.4 is 4.90 Å². The minimum absolute atomic E-state index is 0.0685. The summed E-state index contributed by atoms with van der Waals surface area (Å²) in [5.41, 5.74) is 4.85. The van der Waals surface area contributed by atoms with Gasteiger partial charge in [0.15, 0.2) is 5.13 Å². The number of thiazole rings is 2. The van der Waals surface area contributed by atoms with Crippen molar-refractivity contribution >= 4 is 51.2 Å². The number of anilines is 2. The van der Waals surface area contributed by atoms with Gasteiger partial charge in [-0.2, -0.15) is 0 Å². The zero-order chi connectivity index (χ0) is 22.0. The molecule has 160 valence electrons. The van der Waals surface area contributed by atoms with Gasteiger partial charge in [0.2, 0.25) is 11.8 Å². The van der Waals surface area contributed by atoms with Crippen LogP contribution in [0.25, 0.3) is 0 Å². The van der Waals surface area contributed by atoms with Crippen LogP contribution in [-0.2, 0) is 17.0 Å². The van der Waals surface area contributed by atoms with E-state index in [1.54, 1.807) is 23.2 Å². The van der Waals surface area contributed by atoms with Gasteiger partial charge in [0.25, 0.3) is 5.22 Å². The van der Waals surface area contributed by atoms with Gasteiger partial charge in [-0.25, -0.2) is 9.97 Å². The highest BCUT2D eigenvalue weighted by molar-refractivity contribution is 7.98. The van der Waals surface area contributed by atoms with E-state index >= 15 is 0 Å². The summed E-state index contributed by atoms with van der Waals surface area (Å²) in [6.07, 6.45) is 0.530. The lowest BCUT2D eigenvalue weighted by Gasteiger charge is -2.21. The molecule has 0 aliphatic carbocycles. The molecule has 0 N–H and O–H groups in total. The van der Waals surface area contributed by atoms with Gasteiger partial charge in [-0.3, -0.25) is 9.69 Å². The van der Waals surface area contributed by atoms with Crippen LogP contribution in [0.5, 0.6) is 0 Å².